The van der Waals surface area contributed by atoms with Crippen molar-refractivity contribution in [1.82, 2.24) is 14.5 Å². The SMILES string of the molecule is CCCCC(=O)N(Cc1ccccc1)C(C)c1nc2ccccc2c(=O)n1-c1ccccc1OC. The molecule has 4 rings (SSSR count). The molecule has 0 spiro atoms. The Balaban J connectivity index is 1.91. The third-order valence-electron chi connectivity index (χ3n) is 6.23. The van der Waals surface area contributed by atoms with Gasteiger partial charge in [0.15, 0.2) is 0 Å². The highest BCUT2D eigenvalue weighted by molar-refractivity contribution is 5.79. The van der Waals surface area contributed by atoms with Crippen molar-refractivity contribution in [3.8, 4) is 11.4 Å². The highest BCUT2D eigenvalue weighted by atomic mass is 16.5. The summed E-state index contributed by atoms with van der Waals surface area (Å²) >= 11 is 0. The fourth-order valence-corrected chi connectivity index (χ4v) is 4.31. The van der Waals surface area contributed by atoms with Crippen molar-refractivity contribution in [3.05, 3.63) is 101 Å². The molecule has 1 aromatic heterocycles. The van der Waals surface area contributed by atoms with Crippen molar-refractivity contribution in [1.29, 1.82) is 0 Å². The van der Waals surface area contributed by atoms with Crippen LogP contribution < -0.4 is 10.3 Å². The predicted octanol–water partition coefficient (Wildman–Crippen LogP) is 5.67. The second-order valence-corrected chi connectivity index (χ2v) is 8.59. The van der Waals surface area contributed by atoms with Gasteiger partial charge in [0.1, 0.15) is 11.6 Å². The van der Waals surface area contributed by atoms with Crippen LogP contribution in [0.1, 0.15) is 50.5 Å². The van der Waals surface area contributed by atoms with Crippen LogP contribution in [-0.2, 0) is 11.3 Å². The van der Waals surface area contributed by atoms with E-state index < -0.39 is 6.04 Å². The summed E-state index contributed by atoms with van der Waals surface area (Å²) in [6.07, 6.45) is 2.18. The van der Waals surface area contributed by atoms with E-state index in [0.717, 1.165) is 18.4 Å². The molecule has 1 amide bonds. The Morgan fingerprint density at radius 1 is 1.00 bits per heavy atom. The molecule has 3 aromatic carbocycles. The lowest BCUT2D eigenvalue weighted by molar-refractivity contribution is -0.134. The second-order valence-electron chi connectivity index (χ2n) is 8.59. The molecule has 180 valence electrons. The summed E-state index contributed by atoms with van der Waals surface area (Å²) in [6.45, 7) is 4.44. The van der Waals surface area contributed by atoms with Crippen molar-refractivity contribution in [3.63, 3.8) is 0 Å². The molecule has 0 radical (unpaired) electrons. The number of fused-ring (bicyclic) bond motifs is 1. The number of benzene rings is 3. The number of para-hydroxylation sites is 3. The molecule has 1 unspecified atom stereocenters. The fraction of sp³-hybridized carbons (Fsp3) is 0.276. The van der Waals surface area contributed by atoms with Crippen molar-refractivity contribution in [2.45, 2.75) is 45.7 Å². The summed E-state index contributed by atoms with van der Waals surface area (Å²) in [5, 5.41) is 0.515. The van der Waals surface area contributed by atoms with E-state index in [-0.39, 0.29) is 11.5 Å². The topological polar surface area (TPSA) is 64.4 Å². The standard InChI is InChI=1S/C29H31N3O3/c1-4-5-19-27(33)31(20-22-13-7-6-8-14-22)21(2)28-30-24-16-10-9-15-23(24)29(34)32(28)25-17-11-12-18-26(25)35-3/h6-18,21H,4-5,19-20H2,1-3H3. The van der Waals surface area contributed by atoms with Gasteiger partial charge in [-0.15, -0.1) is 0 Å². The van der Waals surface area contributed by atoms with Crippen LogP contribution in [0.5, 0.6) is 5.75 Å². The molecule has 0 bridgehead atoms. The molecule has 0 saturated heterocycles. The maximum absolute atomic E-state index is 13.8. The van der Waals surface area contributed by atoms with E-state index in [2.05, 4.69) is 6.92 Å². The normalized spacial score (nSPS) is 11.9. The fourth-order valence-electron chi connectivity index (χ4n) is 4.31. The predicted molar refractivity (Wildman–Crippen MR) is 139 cm³/mol. The van der Waals surface area contributed by atoms with Gasteiger partial charge in [0.2, 0.25) is 5.91 Å². The van der Waals surface area contributed by atoms with Crippen LogP contribution in [0.3, 0.4) is 0 Å². The molecule has 0 fully saturated rings. The molecule has 0 saturated carbocycles. The third kappa shape index (κ3) is 5.11. The molecule has 0 aliphatic rings. The average molecular weight is 470 g/mol. The van der Waals surface area contributed by atoms with E-state index in [1.807, 2.05) is 84.6 Å². The number of hydrogen-bond acceptors (Lipinski definition) is 4. The summed E-state index contributed by atoms with van der Waals surface area (Å²) in [4.78, 5) is 34.0. The zero-order chi connectivity index (χ0) is 24.8. The van der Waals surface area contributed by atoms with E-state index in [4.69, 9.17) is 9.72 Å². The minimum Gasteiger partial charge on any atom is -0.495 e. The van der Waals surface area contributed by atoms with Crippen molar-refractivity contribution in [2.24, 2.45) is 0 Å². The molecule has 35 heavy (non-hydrogen) atoms. The monoisotopic (exact) mass is 469 g/mol. The number of nitrogens with zero attached hydrogens (tertiary/aromatic N) is 3. The molecule has 6 heteroatoms. The quantitative estimate of drug-likeness (QED) is 0.317. The maximum atomic E-state index is 13.8. The molecule has 0 aliphatic carbocycles. The number of ether oxygens (including phenoxy) is 1. The number of aromatic nitrogens is 2. The summed E-state index contributed by atoms with van der Waals surface area (Å²) in [6, 6.07) is 24.1. The van der Waals surface area contributed by atoms with Crippen LogP contribution in [-0.4, -0.2) is 27.5 Å². The van der Waals surface area contributed by atoms with Crippen LogP contribution in [0.2, 0.25) is 0 Å². The third-order valence-corrected chi connectivity index (χ3v) is 6.23. The highest BCUT2D eigenvalue weighted by Gasteiger charge is 2.27. The number of rotatable bonds is 9. The number of carbonyl (C=O) groups is 1. The number of carbonyl (C=O) groups excluding carboxylic acids is 1. The maximum Gasteiger partial charge on any atom is 0.266 e. The first kappa shape index (κ1) is 24.2. The molecule has 1 atom stereocenters. The van der Waals surface area contributed by atoms with E-state index >= 15 is 0 Å². The van der Waals surface area contributed by atoms with E-state index in [0.29, 0.717) is 41.1 Å². The van der Waals surface area contributed by atoms with Crippen molar-refractivity contribution >= 4 is 16.8 Å². The minimum absolute atomic E-state index is 0.0391. The molecule has 0 N–H and O–H groups in total. The van der Waals surface area contributed by atoms with Crippen molar-refractivity contribution in [2.75, 3.05) is 7.11 Å². The van der Waals surface area contributed by atoms with Gasteiger partial charge >= 0.3 is 0 Å². The smallest absolute Gasteiger partial charge is 0.266 e. The average Bonchev–Trinajstić information content (AvgIpc) is 2.90. The first-order valence-electron chi connectivity index (χ1n) is 12.0. The lowest BCUT2D eigenvalue weighted by atomic mass is 10.1. The van der Waals surface area contributed by atoms with E-state index in [1.165, 1.54) is 0 Å². The molecule has 4 aromatic rings. The number of methoxy groups -OCH3 is 1. The van der Waals surface area contributed by atoms with Gasteiger partial charge in [-0.25, -0.2) is 4.98 Å². The Kier molecular flexibility index (Phi) is 7.60. The van der Waals surface area contributed by atoms with Crippen LogP contribution >= 0.6 is 0 Å². The Morgan fingerprint density at radius 3 is 2.43 bits per heavy atom. The Labute approximate surface area is 205 Å². The Morgan fingerprint density at radius 2 is 1.69 bits per heavy atom. The molecule has 1 heterocycles. The van der Waals surface area contributed by atoms with Gasteiger partial charge in [-0.3, -0.25) is 14.2 Å². The van der Waals surface area contributed by atoms with Gasteiger partial charge < -0.3 is 9.64 Å². The Bertz CT molecular complexity index is 1360. The highest BCUT2D eigenvalue weighted by Crippen LogP contribution is 2.29. The van der Waals surface area contributed by atoms with Crippen LogP contribution in [0.25, 0.3) is 16.6 Å². The van der Waals surface area contributed by atoms with E-state index in [9.17, 15) is 9.59 Å². The lowest BCUT2D eigenvalue weighted by Gasteiger charge is -2.31. The minimum atomic E-state index is -0.457. The van der Waals surface area contributed by atoms with Gasteiger partial charge in [-0.1, -0.05) is 67.9 Å². The summed E-state index contributed by atoms with van der Waals surface area (Å²) in [5.74, 6) is 1.10. The zero-order valence-corrected chi connectivity index (χ0v) is 20.5. The van der Waals surface area contributed by atoms with Crippen LogP contribution in [0.4, 0.5) is 0 Å². The number of unbranched alkanes of at least 4 members (excludes halogenated alkanes) is 1. The first-order chi connectivity index (χ1) is 17.0. The summed E-state index contributed by atoms with van der Waals surface area (Å²) in [5.41, 5.74) is 2.03. The van der Waals surface area contributed by atoms with Crippen molar-refractivity contribution < 1.29 is 9.53 Å². The van der Waals surface area contributed by atoms with Crippen LogP contribution in [0.15, 0.2) is 83.7 Å². The molecular weight excluding hydrogens is 438 g/mol. The Hall–Kier alpha value is -3.93. The van der Waals surface area contributed by atoms with Crippen LogP contribution in [0, 0.1) is 0 Å². The van der Waals surface area contributed by atoms with Gasteiger partial charge in [-0.05, 0) is 43.2 Å². The summed E-state index contributed by atoms with van der Waals surface area (Å²) < 4.78 is 7.18. The first-order valence-corrected chi connectivity index (χ1v) is 12.0. The number of amides is 1. The zero-order valence-electron chi connectivity index (χ0n) is 20.5. The van der Waals surface area contributed by atoms with Gasteiger partial charge in [-0.2, -0.15) is 0 Å². The lowest BCUT2D eigenvalue weighted by Crippen LogP contribution is -2.37. The van der Waals surface area contributed by atoms with Gasteiger partial charge in [0, 0.05) is 13.0 Å². The van der Waals surface area contributed by atoms with E-state index in [1.54, 1.807) is 17.7 Å². The number of hydrogen-bond donors (Lipinski definition) is 0. The second kappa shape index (κ2) is 11.0. The molecule has 0 aliphatic heterocycles. The largest absolute Gasteiger partial charge is 0.495 e. The summed E-state index contributed by atoms with van der Waals surface area (Å²) in [7, 11) is 1.58. The van der Waals surface area contributed by atoms with Gasteiger partial charge in [0.05, 0.1) is 29.7 Å². The molecule has 6 nitrogen and oxygen atoms in total. The van der Waals surface area contributed by atoms with Gasteiger partial charge in [0.25, 0.3) is 5.56 Å². The molecular formula is C29H31N3O3.